The lowest BCUT2D eigenvalue weighted by atomic mass is 10.1. The van der Waals surface area contributed by atoms with E-state index in [0.29, 0.717) is 35.4 Å². The number of nitrogens with zero attached hydrogens (tertiary/aromatic N) is 8. The van der Waals surface area contributed by atoms with Crippen molar-refractivity contribution in [1.29, 1.82) is 0 Å². The van der Waals surface area contributed by atoms with Crippen LogP contribution in [0.5, 0.6) is 5.75 Å². The molecule has 2 aromatic heterocycles. The van der Waals surface area contributed by atoms with Crippen LogP contribution in [0, 0.1) is 0 Å². The van der Waals surface area contributed by atoms with Gasteiger partial charge >= 0.3 is 0 Å². The van der Waals surface area contributed by atoms with Gasteiger partial charge in [-0.3, -0.25) is 9.48 Å². The fourth-order valence-corrected chi connectivity index (χ4v) is 4.48. The zero-order valence-electron chi connectivity index (χ0n) is 24.3. The third kappa shape index (κ3) is 7.33. The van der Waals surface area contributed by atoms with Crippen LogP contribution in [-0.4, -0.2) is 102 Å². The van der Waals surface area contributed by atoms with Crippen LogP contribution >= 0.6 is 0 Å². The lowest BCUT2D eigenvalue weighted by Crippen LogP contribution is -2.29. The van der Waals surface area contributed by atoms with Crippen molar-refractivity contribution >= 4 is 28.9 Å². The molecule has 0 saturated carbocycles. The number of carbonyl (C=O) groups excluding carboxylic acids is 1. The molecule has 4 rings (SSSR count). The Bertz CT molecular complexity index is 1330. The second-order valence-corrected chi connectivity index (χ2v) is 10.4. The van der Waals surface area contributed by atoms with Gasteiger partial charge in [-0.05, 0) is 53.5 Å². The molecule has 0 aliphatic carbocycles. The molecule has 1 aromatic carbocycles. The quantitative estimate of drug-likeness (QED) is 0.327. The average Bonchev–Trinajstić information content (AvgIpc) is 3.36. The summed E-state index contributed by atoms with van der Waals surface area (Å²) in [5.74, 6) is 1.32. The van der Waals surface area contributed by atoms with E-state index in [4.69, 9.17) is 4.74 Å². The van der Waals surface area contributed by atoms with Crippen LogP contribution in [0.2, 0.25) is 0 Å². The summed E-state index contributed by atoms with van der Waals surface area (Å²) in [6, 6.07) is 3.76. The molecular formula is C28H40N10O2. The Morgan fingerprint density at radius 2 is 1.90 bits per heavy atom. The van der Waals surface area contributed by atoms with Gasteiger partial charge in [0.2, 0.25) is 11.9 Å². The summed E-state index contributed by atoms with van der Waals surface area (Å²) >= 11 is 0. The molecule has 0 saturated heterocycles. The first-order valence-corrected chi connectivity index (χ1v) is 13.5. The molecule has 2 N–H and O–H groups in total. The van der Waals surface area contributed by atoms with Gasteiger partial charge < -0.3 is 30.1 Å². The molecule has 0 bridgehead atoms. The maximum absolute atomic E-state index is 12.8. The summed E-state index contributed by atoms with van der Waals surface area (Å²) in [4.78, 5) is 32.5. The summed E-state index contributed by atoms with van der Waals surface area (Å²) in [5, 5.41) is 10.8. The van der Waals surface area contributed by atoms with Gasteiger partial charge in [0.15, 0.2) is 5.82 Å². The minimum Gasteiger partial charge on any atom is -0.494 e. The number of amides is 1. The first kappa shape index (κ1) is 29.0. The van der Waals surface area contributed by atoms with Gasteiger partial charge in [0.25, 0.3) is 0 Å². The second kappa shape index (κ2) is 13.4. The van der Waals surface area contributed by atoms with E-state index in [-0.39, 0.29) is 5.91 Å². The first-order valence-electron chi connectivity index (χ1n) is 13.5. The molecule has 3 heterocycles. The fraction of sp³-hybridized carbons (Fsp3) is 0.464. The maximum atomic E-state index is 12.8. The number of nitrogens with one attached hydrogen (secondary N) is 2. The van der Waals surface area contributed by atoms with Crippen molar-refractivity contribution < 1.29 is 9.53 Å². The third-order valence-electron chi connectivity index (χ3n) is 6.65. The number of hydrogen-bond donors (Lipinski definition) is 2. The minimum absolute atomic E-state index is 0.214. The number of aryl methyl sites for hydroxylation is 1. The van der Waals surface area contributed by atoms with Crippen LogP contribution in [-0.2, 0) is 17.8 Å². The first-order chi connectivity index (χ1) is 19.2. The molecule has 1 amide bonds. The molecule has 12 heteroatoms. The van der Waals surface area contributed by atoms with Crippen LogP contribution in [0.4, 0.5) is 23.0 Å². The Labute approximate surface area is 236 Å². The van der Waals surface area contributed by atoms with Gasteiger partial charge in [-0.25, -0.2) is 9.97 Å². The highest BCUT2D eigenvalue weighted by atomic mass is 16.5. The standard InChI is InChI=1S/C28H40N10O2/c1-35(2)12-9-11-26(39)32-21-16-22(25(40-6)17-24(21)37(5)15-14-36(3)4)33-28-30-19-29-27(34-28)20-18-31-38-13-8-7-10-23(20)38/h9,11,16-19H,7-8,10,12-15H2,1-6H3,(H,32,39)(H,29,30,33,34)/b11-9+. The highest BCUT2D eigenvalue weighted by Gasteiger charge is 2.20. The molecule has 1 aliphatic heterocycles. The number of carbonyl (C=O) groups is 1. The molecular weight excluding hydrogens is 508 g/mol. The average molecular weight is 549 g/mol. The van der Waals surface area contributed by atoms with Crippen molar-refractivity contribution in [3.8, 4) is 17.1 Å². The second-order valence-electron chi connectivity index (χ2n) is 10.4. The van der Waals surface area contributed by atoms with Gasteiger partial charge in [-0.1, -0.05) is 6.08 Å². The molecule has 1 aliphatic rings. The summed E-state index contributed by atoms with van der Waals surface area (Å²) in [6.45, 7) is 3.19. The minimum atomic E-state index is -0.214. The predicted octanol–water partition coefficient (Wildman–Crippen LogP) is 2.88. The number of likely N-dealkylation sites (N-methyl/N-ethyl adjacent to an activating group) is 3. The van der Waals surface area contributed by atoms with Gasteiger partial charge in [0.1, 0.15) is 12.1 Å². The number of hydrogen-bond acceptors (Lipinski definition) is 10. The number of benzene rings is 1. The Morgan fingerprint density at radius 3 is 2.65 bits per heavy atom. The van der Waals surface area contributed by atoms with E-state index in [1.54, 1.807) is 13.2 Å². The molecule has 0 unspecified atom stereocenters. The smallest absolute Gasteiger partial charge is 0.248 e. The van der Waals surface area contributed by atoms with Gasteiger partial charge in [0.05, 0.1) is 35.9 Å². The summed E-state index contributed by atoms with van der Waals surface area (Å²) < 4.78 is 7.78. The van der Waals surface area contributed by atoms with Crippen LogP contribution in [0.25, 0.3) is 11.4 Å². The number of anilines is 4. The lowest BCUT2D eigenvalue weighted by molar-refractivity contribution is -0.111. The van der Waals surface area contributed by atoms with Crippen molar-refractivity contribution in [1.82, 2.24) is 34.5 Å². The number of methoxy groups -OCH3 is 1. The molecule has 0 fully saturated rings. The molecule has 0 radical (unpaired) electrons. The van der Waals surface area contributed by atoms with Crippen LogP contribution in [0.1, 0.15) is 18.5 Å². The van der Waals surface area contributed by atoms with Crippen LogP contribution in [0.15, 0.2) is 36.8 Å². The predicted molar refractivity (Wildman–Crippen MR) is 158 cm³/mol. The monoisotopic (exact) mass is 548 g/mol. The van der Waals surface area contributed by atoms with E-state index in [2.05, 4.69) is 40.5 Å². The van der Waals surface area contributed by atoms with E-state index in [0.717, 1.165) is 55.8 Å². The largest absolute Gasteiger partial charge is 0.494 e. The number of rotatable bonds is 12. The van der Waals surface area contributed by atoms with E-state index in [1.165, 1.54) is 6.33 Å². The number of aromatic nitrogens is 5. The van der Waals surface area contributed by atoms with Crippen molar-refractivity contribution in [2.45, 2.75) is 25.8 Å². The van der Waals surface area contributed by atoms with Gasteiger partial charge in [-0.2, -0.15) is 10.1 Å². The summed E-state index contributed by atoms with van der Waals surface area (Å²) in [6.07, 6.45) is 9.90. The van der Waals surface area contributed by atoms with E-state index < -0.39 is 0 Å². The van der Waals surface area contributed by atoms with Crippen LogP contribution in [0.3, 0.4) is 0 Å². The molecule has 0 atom stereocenters. The van der Waals surface area contributed by atoms with Gasteiger partial charge in [-0.15, -0.1) is 0 Å². The highest BCUT2D eigenvalue weighted by molar-refractivity contribution is 6.02. The molecule has 40 heavy (non-hydrogen) atoms. The Morgan fingerprint density at radius 1 is 1.07 bits per heavy atom. The molecule has 3 aromatic rings. The Kier molecular flexibility index (Phi) is 9.67. The summed E-state index contributed by atoms with van der Waals surface area (Å²) in [5.41, 5.74) is 4.17. The Hall–Kier alpha value is -4.03. The van der Waals surface area contributed by atoms with E-state index >= 15 is 0 Å². The highest BCUT2D eigenvalue weighted by Crippen LogP contribution is 2.38. The zero-order valence-corrected chi connectivity index (χ0v) is 24.3. The zero-order chi connectivity index (χ0) is 28.6. The van der Waals surface area contributed by atoms with Crippen molar-refractivity contribution in [3.05, 3.63) is 42.5 Å². The fourth-order valence-electron chi connectivity index (χ4n) is 4.48. The van der Waals surface area contributed by atoms with Gasteiger partial charge in [0, 0.05) is 51.1 Å². The van der Waals surface area contributed by atoms with Crippen molar-refractivity contribution in [2.75, 3.05) is 77.5 Å². The molecule has 0 spiro atoms. The van der Waals surface area contributed by atoms with Crippen molar-refractivity contribution in [2.24, 2.45) is 0 Å². The SMILES string of the molecule is COc1cc(N(C)CCN(C)C)c(NC(=O)/C=C/CN(C)C)cc1Nc1ncnc(-c2cnn3c2CCCC3)n1. The van der Waals surface area contributed by atoms with Crippen molar-refractivity contribution in [3.63, 3.8) is 0 Å². The number of ether oxygens (including phenoxy) is 1. The van der Waals surface area contributed by atoms with E-state index in [1.807, 2.05) is 69.2 Å². The third-order valence-corrected chi connectivity index (χ3v) is 6.65. The molecule has 214 valence electrons. The normalized spacial score (nSPS) is 13.1. The maximum Gasteiger partial charge on any atom is 0.248 e. The van der Waals surface area contributed by atoms with E-state index in [9.17, 15) is 4.79 Å². The molecule has 12 nitrogen and oxygen atoms in total. The summed E-state index contributed by atoms with van der Waals surface area (Å²) in [7, 11) is 11.6. The topological polar surface area (TPSA) is 117 Å². The Balaban J connectivity index is 1.64. The lowest BCUT2D eigenvalue weighted by Gasteiger charge is -2.26. The number of fused-ring (bicyclic) bond motifs is 1. The van der Waals surface area contributed by atoms with Crippen LogP contribution < -0.4 is 20.3 Å².